The third kappa shape index (κ3) is 6.90. The number of halogens is 1. The van der Waals surface area contributed by atoms with Crippen LogP contribution in [0.2, 0.25) is 0 Å². The first-order valence-corrected chi connectivity index (χ1v) is 8.99. The van der Waals surface area contributed by atoms with E-state index in [9.17, 15) is 9.18 Å². The second-order valence-corrected chi connectivity index (χ2v) is 6.45. The zero-order valence-corrected chi connectivity index (χ0v) is 16.3. The number of carbonyl (C=O) groups excluding carboxylic acids is 1. The molecule has 0 fully saturated rings. The van der Waals surface area contributed by atoms with Crippen molar-refractivity contribution >= 4 is 12.1 Å². The van der Waals surface area contributed by atoms with Gasteiger partial charge in [-0.2, -0.15) is 5.10 Å². The predicted octanol–water partition coefficient (Wildman–Crippen LogP) is 3.79. The molecule has 7 heteroatoms. The highest BCUT2D eigenvalue weighted by atomic mass is 19.1. The van der Waals surface area contributed by atoms with Gasteiger partial charge in [0.1, 0.15) is 0 Å². The Bertz CT molecular complexity index is 809. The van der Waals surface area contributed by atoms with Crippen molar-refractivity contribution in [3.8, 4) is 17.2 Å². The molecular formula is C21H25FN2O4. The van der Waals surface area contributed by atoms with E-state index in [0.29, 0.717) is 24.0 Å². The van der Waals surface area contributed by atoms with Crippen LogP contribution in [-0.4, -0.2) is 32.4 Å². The summed E-state index contributed by atoms with van der Waals surface area (Å²) in [5, 5.41) is 3.87. The number of hydrazone groups is 1. The molecule has 0 spiro atoms. The molecule has 0 saturated heterocycles. The van der Waals surface area contributed by atoms with Crippen LogP contribution in [0.25, 0.3) is 0 Å². The Morgan fingerprint density at radius 2 is 1.93 bits per heavy atom. The fourth-order valence-electron chi connectivity index (χ4n) is 2.20. The summed E-state index contributed by atoms with van der Waals surface area (Å²) in [6.45, 7) is 4.54. The Labute approximate surface area is 164 Å². The van der Waals surface area contributed by atoms with Crippen molar-refractivity contribution < 1.29 is 23.4 Å². The van der Waals surface area contributed by atoms with E-state index in [4.69, 9.17) is 14.2 Å². The lowest BCUT2D eigenvalue weighted by Gasteiger charge is -2.12. The molecule has 2 aromatic carbocycles. The maximum Gasteiger partial charge on any atom is 0.277 e. The average Bonchev–Trinajstić information content (AvgIpc) is 2.68. The first-order valence-electron chi connectivity index (χ1n) is 8.99. The van der Waals surface area contributed by atoms with E-state index in [-0.39, 0.29) is 12.4 Å². The minimum Gasteiger partial charge on any atom is -0.493 e. The number of ether oxygens (including phenoxy) is 3. The van der Waals surface area contributed by atoms with Crippen LogP contribution in [0.3, 0.4) is 0 Å². The SMILES string of the molecule is COc1cc(/C=N\NC(=O)COc2ccccc2F)ccc1OCCC(C)C. The van der Waals surface area contributed by atoms with E-state index in [1.165, 1.54) is 18.3 Å². The minimum absolute atomic E-state index is 0.0134. The second-order valence-electron chi connectivity index (χ2n) is 6.45. The van der Waals surface area contributed by atoms with E-state index in [1.54, 1.807) is 37.4 Å². The van der Waals surface area contributed by atoms with Gasteiger partial charge >= 0.3 is 0 Å². The van der Waals surface area contributed by atoms with Crippen LogP contribution < -0.4 is 19.6 Å². The third-order valence-electron chi connectivity index (χ3n) is 3.74. The monoisotopic (exact) mass is 388 g/mol. The number of benzene rings is 2. The van der Waals surface area contributed by atoms with Crippen LogP contribution in [0.1, 0.15) is 25.8 Å². The van der Waals surface area contributed by atoms with Crippen molar-refractivity contribution in [1.82, 2.24) is 5.43 Å². The van der Waals surface area contributed by atoms with Crippen LogP contribution in [0.4, 0.5) is 4.39 Å². The topological polar surface area (TPSA) is 69.2 Å². The lowest BCUT2D eigenvalue weighted by atomic mass is 10.1. The van der Waals surface area contributed by atoms with Gasteiger partial charge in [0.2, 0.25) is 0 Å². The molecule has 1 amide bonds. The molecule has 0 aromatic heterocycles. The first-order chi connectivity index (χ1) is 13.5. The Balaban J connectivity index is 1.85. The molecule has 6 nitrogen and oxygen atoms in total. The normalized spacial score (nSPS) is 10.9. The van der Waals surface area contributed by atoms with Gasteiger partial charge in [0.05, 0.1) is 19.9 Å². The van der Waals surface area contributed by atoms with E-state index >= 15 is 0 Å². The highest BCUT2D eigenvalue weighted by Crippen LogP contribution is 2.27. The summed E-state index contributed by atoms with van der Waals surface area (Å²) < 4.78 is 29.6. The van der Waals surface area contributed by atoms with Crippen LogP contribution in [0, 0.1) is 11.7 Å². The fraction of sp³-hybridized carbons (Fsp3) is 0.333. The highest BCUT2D eigenvalue weighted by molar-refractivity contribution is 5.83. The van der Waals surface area contributed by atoms with Gasteiger partial charge in [-0.25, -0.2) is 9.82 Å². The maximum atomic E-state index is 13.4. The maximum absolute atomic E-state index is 13.4. The van der Waals surface area contributed by atoms with Crippen LogP contribution in [-0.2, 0) is 4.79 Å². The van der Waals surface area contributed by atoms with Crippen molar-refractivity contribution in [2.24, 2.45) is 11.0 Å². The van der Waals surface area contributed by atoms with E-state index < -0.39 is 11.7 Å². The van der Waals surface area contributed by atoms with Crippen molar-refractivity contribution in [2.75, 3.05) is 20.3 Å². The van der Waals surface area contributed by atoms with Gasteiger partial charge < -0.3 is 14.2 Å². The van der Waals surface area contributed by atoms with Crippen LogP contribution in [0.5, 0.6) is 17.2 Å². The second kappa shape index (κ2) is 10.9. The number of nitrogens with zero attached hydrogens (tertiary/aromatic N) is 1. The smallest absolute Gasteiger partial charge is 0.277 e. The van der Waals surface area contributed by atoms with E-state index in [0.717, 1.165) is 12.0 Å². The lowest BCUT2D eigenvalue weighted by molar-refractivity contribution is -0.123. The Morgan fingerprint density at radius 1 is 1.14 bits per heavy atom. The molecule has 1 N–H and O–H groups in total. The van der Waals surface area contributed by atoms with Crippen molar-refractivity contribution in [2.45, 2.75) is 20.3 Å². The zero-order valence-electron chi connectivity index (χ0n) is 16.3. The van der Waals surface area contributed by atoms with Crippen molar-refractivity contribution in [1.29, 1.82) is 0 Å². The van der Waals surface area contributed by atoms with E-state index in [1.807, 2.05) is 0 Å². The molecule has 0 heterocycles. The molecule has 0 unspecified atom stereocenters. The number of amides is 1. The largest absolute Gasteiger partial charge is 0.493 e. The summed E-state index contributed by atoms with van der Waals surface area (Å²) in [4.78, 5) is 11.8. The molecule has 0 atom stereocenters. The molecule has 0 bridgehead atoms. The molecule has 0 aliphatic rings. The molecule has 28 heavy (non-hydrogen) atoms. The number of methoxy groups -OCH3 is 1. The quantitative estimate of drug-likeness (QED) is 0.497. The summed E-state index contributed by atoms with van der Waals surface area (Å²) >= 11 is 0. The minimum atomic E-state index is -0.526. The molecule has 0 saturated carbocycles. The Kier molecular flexibility index (Phi) is 8.27. The molecule has 0 radical (unpaired) electrons. The van der Waals surface area contributed by atoms with Gasteiger partial charge in [-0.1, -0.05) is 26.0 Å². The highest BCUT2D eigenvalue weighted by Gasteiger charge is 2.07. The van der Waals surface area contributed by atoms with Gasteiger partial charge in [0, 0.05) is 0 Å². The number of carbonyl (C=O) groups is 1. The number of rotatable bonds is 10. The number of para-hydroxylation sites is 1. The molecule has 0 aliphatic carbocycles. The van der Waals surface area contributed by atoms with Gasteiger partial charge in [-0.15, -0.1) is 0 Å². The predicted molar refractivity (Wildman–Crippen MR) is 106 cm³/mol. The molecule has 0 aliphatic heterocycles. The van der Waals surface area contributed by atoms with Crippen LogP contribution in [0.15, 0.2) is 47.6 Å². The summed E-state index contributed by atoms with van der Waals surface area (Å²) in [6, 6.07) is 11.2. The van der Waals surface area contributed by atoms with Gasteiger partial charge in [-0.3, -0.25) is 4.79 Å². The molecular weight excluding hydrogens is 363 g/mol. The van der Waals surface area contributed by atoms with Gasteiger partial charge in [-0.05, 0) is 48.2 Å². The van der Waals surface area contributed by atoms with Gasteiger partial charge in [0.25, 0.3) is 5.91 Å². The standard InChI is InChI=1S/C21H25FN2O4/c1-15(2)10-11-27-19-9-8-16(12-20(19)26-3)13-23-24-21(25)14-28-18-7-5-4-6-17(18)22/h4-9,12-13,15H,10-11,14H2,1-3H3,(H,24,25)/b23-13-. The lowest BCUT2D eigenvalue weighted by Crippen LogP contribution is -2.24. The number of nitrogens with one attached hydrogen (secondary N) is 1. The zero-order chi connectivity index (χ0) is 20.4. The molecule has 2 aromatic rings. The fourth-order valence-corrected chi connectivity index (χ4v) is 2.20. The molecule has 150 valence electrons. The Hall–Kier alpha value is -3.09. The van der Waals surface area contributed by atoms with Crippen molar-refractivity contribution in [3.63, 3.8) is 0 Å². The summed E-state index contributed by atoms with van der Waals surface area (Å²) in [5.41, 5.74) is 3.06. The summed E-state index contributed by atoms with van der Waals surface area (Å²) in [7, 11) is 1.56. The van der Waals surface area contributed by atoms with Gasteiger partial charge in [0.15, 0.2) is 29.7 Å². The Morgan fingerprint density at radius 3 is 2.64 bits per heavy atom. The van der Waals surface area contributed by atoms with E-state index in [2.05, 4.69) is 24.4 Å². The number of hydrogen-bond donors (Lipinski definition) is 1. The summed E-state index contributed by atoms with van der Waals surface area (Å²) in [5.74, 6) is 0.786. The van der Waals surface area contributed by atoms with Crippen molar-refractivity contribution in [3.05, 3.63) is 53.8 Å². The summed E-state index contributed by atoms with van der Waals surface area (Å²) in [6.07, 6.45) is 2.43. The van der Waals surface area contributed by atoms with Crippen LogP contribution >= 0.6 is 0 Å². The average molecular weight is 388 g/mol. The third-order valence-corrected chi connectivity index (χ3v) is 3.74. The molecule has 2 rings (SSSR count). The number of hydrogen-bond acceptors (Lipinski definition) is 5. The first kappa shape index (κ1) is 21.2.